The van der Waals surface area contributed by atoms with Crippen LogP contribution in [0.2, 0.25) is 5.02 Å². The van der Waals surface area contributed by atoms with Crippen molar-refractivity contribution in [2.45, 2.75) is 20.0 Å². The van der Waals surface area contributed by atoms with Crippen molar-refractivity contribution >= 4 is 17.5 Å². The third-order valence-corrected chi connectivity index (χ3v) is 3.70. The molecular weight excluding hydrogens is 326 g/mol. The van der Waals surface area contributed by atoms with E-state index >= 15 is 0 Å². The van der Waals surface area contributed by atoms with Crippen molar-refractivity contribution in [3.05, 3.63) is 64.7 Å². The molecule has 0 bridgehead atoms. The lowest BCUT2D eigenvalue weighted by Crippen LogP contribution is -2.28. The predicted octanol–water partition coefficient (Wildman–Crippen LogP) is 2.62. The van der Waals surface area contributed by atoms with Gasteiger partial charge in [0, 0.05) is 17.1 Å². The molecule has 1 aromatic heterocycles. The van der Waals surface area contributed by atoms with E-state index in [1.165, 1.54) is 10.4 Å². The van der Waals surface area contributed by atoms with Crippen LogP contribution in [0.5, 0.6) is 0 Å². The summed E-state index contributed by atoms with van der Waals surface area (Å²) in [5.74, 6) is 0.286. The summed E-state index contributed by atoms with van der Waals surface area (Å²) in [6.45, 7) is 2.52. The van der Waals surface area contributed by atoms with Gasteiger partial charge >= 0.3 is 0 Å². The Hall–Kier alpha value is -2.73. The summed E-state index contributed by atoms with van der Waals surface area (Å²) < 4.78 is 0. The van der Waals surface area contributed by atoms with Crippen molar-refractivity contribution in [3.63, 3.8) is 0 Å². The van der Waals surface area contributed by atoms with Gasteiger partial charge in [-0.25, -0.2) is 0 Å². The summed E-state index contributed by atoms with van der Waals surface area (Å²) in [7, 11) is 0. The molecule has 7 heteroatoms. The van der Waals surface area contributed by atoms with E-state index in [0.29, 0.717) is 17.4 Å². The Labute approximate surface area is 144 Å². The van der Waals surface area contributed by atoms with Gasteiger partial charge in [0.2, 0.25) is 11.7 Å². The van der Waals surface area contributed by atoms with E-state index in [1.54, 1.807) is 24.3 Å². The molecule has 1 amide bonds. The molecule has 0 atom stereocenters. The van der Waals surface area contributed by atoms with E-state index < -0.39 is 0 Å². The number of tetrazole rings is 1. The fourth-order valence-corrected chi connectivity index (χ4v) is 2.24. The van der Waals surface area contributed by atoms with Crippen molar-refractivity contribution in [3.8, 4) is 11.4 Å². The number of nitrogens with one attached hydrogen (secondary N) is 1. The molecule has 3 rings (SSSR count). The molecule has 0 spiro atoms. The summed E-state index contributed by atoms with van der Waals surface area (Å²) in [6.07, 6.45) is 0. The van der Waals surface area contributed by atoms with Crippen molar-refractivity contribution in [1.29, 1.82) is 0 Å². The van der Waals surface area contributed by atoms with Crippen LogP contribution >= 0.6 is 11.6 Å². The van der Waals surface area contributed by atoms with Crippen molar-refractivity contribution in [1.82, 2.24) is 25.5 Å². The summed E-state index contributed by atoms with van der Waals surface area (Å²) >= 11 is 5.85. The largest absolute Gasteiger partial charge is 0.350 e. The number of rotatable bonds is 5. The van der Waals surface area contributed by atoms with Crippen molar-refractivity contribution in [2.24, 2.45) is 0 Å². The Morgan fingerprint density at radius 1 is 1.12 bits per heavy atom. The first-order valence-corrected chi connectivity index (χ1v) is 7.84. The summed E-state index contributed by atoms with van der Waals surface area (Å²) in [5, 5.41) is 15.5. The maximum atomic E-state index is 12.0. The molecule has 0 radical (unpaired) electrons. The molecule has 122 valence electrons. The zero-order valence-electron chi connectivity index (χ0n) is 13.1. The second-order valence-electron chi connectivity index (χ2n) is 5.41. The highest BCUT2D eigenvalue weighted by atomic mass is 35.5. The van der Waals surface area contributed by atoms with Gasteiger partial charge < -0.3 is 5.32 Å². The minimum absolute atomic E-state index is 0.0203. The standard InChI is InChI=1S/C17H16ClN5O/c1-12-2-4-13(5-3-12)10-19-16(24)11-23-21-17(20-22-23)14-6-8-15(18)9-7-14/h2-9H,10-11H2,1H3,(H,19,24). The average molecular weight is 342 g/mol. The number of benzene rings is 2. The lowest BCUT2D eigenvalue weighted by atomic mass is 10.1. The highest BCUT2D eigenvalue weighted by molar-refractivity contribution is 6.30. The van der Waals surface area contributed by atoms with Gasteiger partial charge in [-0.3, -0.25) is 4.79 Å². The third kappa shape index (κ3) is 4.17. The van der Waals surface area contributed by atoms with Crippen LogP contribution in [-0.2, 0) is 17.9 Å². The molecule has 1 N–H and O–H groups in total. The van der Waals surface area contributed by atoms with Gasteiger partial charge in [0.05, 0.1) is 0 Å². The van der Waals surface area contributed by atoms with Gasteiger partial charge in [-0.05, 0) is 42.0 Å². The molecule has 0 unspecified atom stereocenters. The van der Waals surface area contributed by atoms with Crippen LogP contribution < -0.4 is 5.32 Å². The monoisotopic (exact) mass is 341 g/mol. The fourth-order valence-electron chi connectivity index (χ4n) is 2.12. The number of nitrogens with zero attached hydrogens (tertiary/aromatic N) is 4. The van der Waals surface area contributed by atoms with Gasteiger partial charge in [-0.2, -0.15) is 4.80 Å². The smallest absolute Gasteiger partial charge is 0.243 e. The number of carbonyl (C=O) groups is 1. The lowest BCUT2D eigenvalue weighted by molar-refractivity contribution is -0.122. The molecule has 2 aromatic carbocycles. The van der Waals surface area contributed by atoms with Crippen LogP contribution in [0.1, 0.15) is 11.1 Å². The van der Waals surface area contributed by atoms with Gasteiger partial charge in [-0.15, -0.1) is 10.2 Å². The Morgan fingerprint density at radius 2 is 1.83 bits per heavy atom. The number of hydrogen-bond donors (Lipinski definition) is 1. The van der Waals surface area contributed by atoms with Gasteiger partial charge in [0.25, 0.3) is 0 Å². The fraction of sp³-hybridized carbons (Fsp3) is 0.176. The Kier molecular flexibility index (Phi) is 4.86. The maximum Gasteiger partial charge on any atom is 0.243 e. The van der Waals surface area contributed by atoms with E-state index in [2.05, 4.69) is 20.7 Å². The zero-order chi connectivity index (χ0) is 16.9. The molecule has 1 heterocycles. The summed E-state index contributed by atoms with van der Waals surface area (Å²) in [4.78, 5) is 13.3. The Morgan fingerprint density at radius 3 is 2.54 bits per heavy atom. The third-order valence-electron chi connectivity index (χ3n) is 3.45. The normalized spacial score (nSPS) is 10.6. The van der Waals surface area contributed by atoms with E-state index in [0.717, 1.165) is 11.1 Å². The number of aromatic nitrogens is 4. The van der Waals surface area contributed by atoms with E-state index in [-0.39, 0.29) is 12.5 Å². The van der Waals surface area contributed by atoms with Gasteiger partial charge in [-0.1, -0.05) is 41.4 Å². The molecular formula is C17H16ClN5O. The molecule has 0 aliphatic rings. The molecule has 6 nitrogen and oxygen atoms in total. The van der Waals surface area contributed by atoms with E-state index in [1.807, 2.05) is 31.2 Å². The molecule has 0 saturated heterocycles. The van der Waals surface area contributed by atoms with Crippen LogP contribution in [0.25, 0.3) is 11.4 Å². The van der Waals surface area contributed by atoms with Crippen molar-refractivity contribution < 1.29 is 4.79 Å². The number of aryl methyl sites for hydroxylation is 1. The van der Waals surface area contributed by atoms with E-state index in [4.69, 9.17) is 11.6 Å². The quantitative estimate of drug-likeness (QED) is 0.774. The number of hydrogen-bond acceptors (Lipinski definition) is 4. The molecule has 0 aliphatic carbocycles. The minimum atomic E-state index is -0.171. The maximum absolute atomic E-state index is 12.0. The highest BCUT2D eigenvalue weighted by Crippen LogP contribution is 2.16. The molecule has 24 heavy (non-hydrogen) atoms. The average Bonchev–Trinajstić information content (AvgIpc) is 3.03. The van der Waals surface area contributed by atoms with Crippen LogP contribution in [0.4, 0.5) is 0 Å². The minimum Gasteiger partial charge on any atom is -0.350 e. The summed E-state index contributed by atoms with van der Waals surface area (Å²) in [5.41, 5.74) is 3.03. The number of carbonyl (C=O) groups excluding carboxylic acids is 1. The summed E-state index contributed by atoms with van der Waals surface area (Å²) in [6, 6.07) is 15.1. The molecule has 0 fully saturated rings. The molecule has 3 aromatic rings. The zero-order valence-corrected chi connectivity index (χ0v) is 13.9. The second kappa shape index (κ2) is 7.23. The SMILES string of the molecule is Cc1ccc(CNC(=O)Cn2nnc(-c3ccc(Cl)cc3)n2)cc1. The number of halogens is 1. The first kappa shape index (κ1) is 16.1. The number of amides is 1. The van der Waals surface area contributed by atoms with Crippen molar-refractivity contribution in [2.75, 3.05) is 0 Å². The van der Waals surface area contributed by atoms with Crippen LogP contribution in [0, 0.1) is 6.92 Å². The van der Waals surface area contributed by atoms with Crippen LogP contribution in [0.15, 0.2) is 48.5 Å². The highest BCUT2D eigenvalue weighted by Gasteiger charge is 2.09. The lowest BCUT2D eigenvalue weighted by Gasteiger charge is -2.05. The first-order valence-electron chi connectivity index (χ1n) is 7.46. The Balaban J connectivity index is 1.57. The van der Waals surface area contributed by atoms with Gasteiger partial charge in [0.15, 0.2) is 0 Å². The van der Waals surface area contributed by atoms with Crippen LogP contribution in [-0.4, -0.2) is 26.1 Å². The van der Waals surface area contributed by atoms with E-state index in [9.17, 15) is 4.79 Å². The Bertz CT molecular complexity index is 827. The first-order chi connectivity index (χ1) is 11.6. The predicted molar refractivity (Wildman–Crippen MR) is 91.3 cm³/mol. The van der Waals surface area contributed by atoms with Gasteiger partial charge in [0.1, 0.15) is 6.54 Å². The molecule has 0 saturated carbocycles. The molecule has 0 aliphatic heterocycles. The topological polar surface area (TPSA) is 72.7 Å². The van der Waals surface area contributed by atoms with Crippen LogP contribution in [0.3, 0.4) is 0 Å². The second-order valence-corrected chi connectivity index (χ2v) is 5.85.